The Labute approximate surface area is 169 Å². The number of nitrogens with zero attached hydrogens (tertiary/aromatic N) is 5. The van der Waals surface area contributed by atoms with E-state index in [1.165, 1.54) is 17.0 Å². The first-order valence-corrected chi connectivity index (χ1v) is 10.3. The molecule has 140 valence electrons. The van der Waals surface area contributed by atoms with E-state index in [0.29, 0.717) is 0 Å². The van der Waals surface area contributed by atoms with Gasteiger partial charge in [-0.05, 0) is 67.6 Å². The second-order valence-electron chi connectivity index (χ2n) is 6.57. The third-order valence-corrected chi connectivity index (χ3v) is 5.38. The van der Waals surface area contributed by atoms with Crippen molar-refractivity contribution in [2.45, 2.75) is 6.92 Å². The molecule has 1 fully saturated rings. The van der Waals surface area contributed by atoms with Gasteiger partial charge in [0.2, 0.25) is 0 Å². The van der Waals surface area contributed by atoms with Crippen molar-refractivity contribution in [3.05, 3.63) is 78.4 Å². The van der Waals surface area contributed by atoms with Gasteiger partial charge < -0.3 is 4.90 Å². The number of anilines is 1. The Morgan fingerprint density at radius 2 is 1.07 bits per heavy atom. The molecular formula is C22H21N5S. The van der Waals surface area contributed by atoms with E-state index < -0.39 is 0 Å². The number of benzene rings is 3. The molecule has 3 aromatic rings. The predicted molar refractivity (Wildman–Crippen MR) is 117 cm³/mol. The minimum absolute atomic E-state index is 0.785. The zero-order chi connectivity index (χ0) is 19.2. The van der Waals surface area contributed by atoms with E-state index in [1.807, 2.05) is 72.4 Å². The summed E-state index contributed by atoms with van der Waals surface area (Å²) in [6.07, 6.45) is 0. The van der Waals surface area contributed by atoms with Gasteiger partial charge in [-0.3, -0.25) is 0 Å². The van der Waals surface area contributed by atoms with Crippen LogP contribution in [0, 0.1) is 6.92 Å². The monoisotopic (exact) mass is 387 g/mol. The Hall–Kier alpha value is -2.99. The van der Waals surface area contributed by atoms with Gasteiger partial charge in [0, 0.05) is 18.0 Å². The highest BCUT2D eigenvalue weighted by molar-refractivity contribution is 7.99. The summed E-state index contributed by atoms with van der Waals surface area (Å²) in [5.41, 5.74) is 5.70. The van der Waals surface area contributed by atoms with Crippen molar-refractivity contribution < 1.29 is 0 Å². The van der Waals surface area contributed by atoms with E-state index in [0.717, 1.165) is 35.2 Å². The first-order chi connectivity index (χ1) is 13.8. The molecule has 0 radical (unpaired) electrons. The summed E-state index contributed by atoms with van der Waals surface area (Å²) in [5, 5.41) is 17.1. The van der Waals surface area contributed by atoms with E-state index in [-0.39, 0.29) is 0 Å². The largest absolute Gasteiger partial charge is 0.361 e. The molecule has 0 aliphatic carbocycles. The van der Waals surface area contributed by atoms with E-state index in [9.17, 15) is 0 Å². The highest BCUT2D eigenvalue weighted by atomic mass is 32.2. The summed E-state index contributed by atoms with van der Waals surface area (Å²) in [6, 6.07) is 23.7. The van der Waals surface area contributed by atoms with Gasteiger partial charge in [0.1, 0.15) is 0 Å². The van der Waals surface area contributed by atoms with Crippen molar-refractivity contribution >= 4 is 40.2 Å². The van der Waals surface area contributed by atoms with Crippen LogP contribution in [0.2, 0.25) is 0 Å². The molecule has 0 saturated carbocycles. The molecule has 0 spiro atoms. The van der Waals surface area contributed by atoms with Crippen LogP contribution in [-0.4, -0.2) is 18.2 Å². The summed E-state index contributed by atoms with van der Waals surface area (Å²) < 4.78 is 0. The standard InChI is InChI=1S/C22H21N5S/c1-17-2-4-18(5-3-17)23-24-19-6-8-20(9-7-19)25-26-21-10-12-22(13-11-21)27-14-15-28-16-27/h2-13H,14-16H2,1H3. The molecule has 28 heavy (non-hydrogen) atoms. The Kier molecular flexibility index (Phi) is 5.77. The van der Waals surface area contributed by atoms with Crippen LogP contribution in [0.1, 0.15) is 5.56 Å². The third-order valence-electron chi connectivity index (χ3n) is 4.41. The summed E-state index contributed by atoms with van der Waals surface area (Å²) >= 11 is 1.96. The van der Waals surface area contributed by atoms with Gasteiger partial charge in [0.15, 0.2) is 0 Å². The van der Waals surface area contributed by atoms with E-state index in [2.05, 4.69) is 44.4 Å². The first-order valence-electron chi connectivity index (χ1n) is 9.19. The molecule has 3 aromatic carbocycles. The van der Waals surface area contributed by atoms with Gasteiger partial charge in [-0.15, -0.1) is 11.8 Å². The molecule has 0 amide bonds. The van der Waals surface area contributed by atoms with Crippen molar-refractivity contribution in [3.63, 3.8) is 0 Å². The SMILES string of the molecule is Cc1ccc(N=Nc2ccc(N=Nc3ccc(N4CCSC4)cc3)cc2)cc1. The molecule has 0 atom stereocenters. The maximum atomic E-state index is 4.32. The second-order valence-corrected chi connectivity index (χ2v) is 7.64. The van der Waals surface area contributed by atoms with Crippen LogP contribution in [0.4, 0.5) is 28.4 Å². The molecule has 0 bridgehead atoms. The topological polar surface area (TPSA) is 52.7 Å². The number of aryl methyl sites for hydroxylation is 1. The number of thioether (sulfide) groups is 1. The molecule has 4 rings (SSSR count). The minimum atomic E-state index is 0.785. The predicted octanol–water partition coefficient (Wildman–Crippen LogP) is 7.34. The van der Waals surface area contributed by atoms with Crippen molar-refractivity contribution in [2.75, 3.05) is 23.1 Å². The fraction of sp³-hybridized carbons (Fsp3) is 0.182. The molecule has 1 aliphatic heterocycles. The van der Waals surface area contributed by atoms with Crippen LogP contribution in [0.15, 0.2) is 93.3 Å². The van der Waals surface area contributed by atoms with E-state index in [4.69, 9.17) is 0 Å². The summed E-state index contributed by atoms with van der Waals surface area (Å²) in [7, 11) is 0. The molecule has 1 aliphatic rings. The number of azo groups is 2. The average molecular weight is 388 g/mol. The van der Waals surface area contributed by atoms with Crippen molar-refractivity contribution in [1.29, 1.82) is 0 Å². The maximum Gasteiger partial charge on any atom is 0.0858 e. The van der Waals surface area contributed by atoms with Gasteiger partial charge in [0.05, 0.1) is 28.6 Å². The lowest BCUT2D eigenvalue weighted by Gasteiger charge is -2.16. The fourth-order valence-corrected chi connectivity index (χ4v) is 3.75. The highest BCUT2D eigenvalue weighted by Gasteiger charge is 2.11. The number of rotatable bonds is 5. The Balaban J connectivity index is 1.37. The van der Waals surface area contributed by atoms with Crippen molar-refractivity contribution in [1.82, 2.24) is 0 Å². The Bertz CT molecular complexity index is 957. The van der Waals surface area contributed by atoms with Crippen LogP contribution in [-0.2, 0) is 0 Å². The number of hydrogen-bond donors (Lipinski definition) is 0. The summed E-state index contributed by atoms with van der Waals surface area (Å²) in [6.45, 7) is 3.16. The van der Waals surface area contributed by atoms with E-state index in [1.54, 1.807) is 0 Å². The fourth-order valence-electron chi connectivity index (χ4n) is 2.78. The van der Waals surface area contributed by atoms with Crippen molar-refractivity contribution in [2.24, 2.45) is 20.5 Å². The van der Waals surface area contributed by atoms with E-state index >= 15 is 0 Å². The lowest BCUT2D eigenvalue weighted by atomic mass is 10.2. The van der Waals surface area contributed by atoms with Gasteiger partial charge in [-0.25, -0.2) is 0 Å². The first kappa shape index (κ1) is 18.4. The zero-order valence-electron chi connectivity index (χ0n) is 15.7. The molecule has 0 unspecified atom stereocenters. The minimum Gasteiger partial charge on any atom is -0.361 e. The lowest BCUT2D eigenvalue weighted by Crippen LogP contribution is -2.17. The molecular weight excluding hydrogens is 366 g/mol. The van der Waals surface area contributed by atoms with Crippen LogP contribution in [0.25, 0.3) is 0 Å². The van der Waals surface area contributed by atoms with Gasteiger partial charge in [-0.2, -0.15) is 20.5 Å². The molecule has 1 saturated heterocycles. The van der Waals surface area contributed by atoms with Crippen LogP contribution in [0.3, 0.4) is 0 Å². The lowest BCUT2D eigenvalue weighted by molar-refractivity contribution is 0.994. The van der Waals surface area contributed by atoms with Crippen LogP contribution < -0.4 is 4.90 Å². The Morgan fingerprint density at radius 1 is 0.643 bits per heavy atom. The quantitative estimate of drug-likeness (QED) is 0.430. The third kappa shape index (κ3) is 4.84. The molecule has 0 N–H and O–H groups in total. The maximum absolute atomic E-state index is 4.32. The molecule has 5 nitrogen and oxygen atoms in total. The smallest absolute Gasteiger partial charge is 0.0858 e. The zero-order valence-corrected chi connectivity index (χ0v) is 16.5. The molecule has 0 aromatic heterocycles. The Morgan fingerprint density at radius 3 is 1.50 bits per heavy atom. The normalized spacial score (nSPS) is 14.4. The molecule has 1 heterocycles. The van der Waals surface area contributed by atoms with Crippen LogP contribution >= 0.6 is 11.8 Å². The van der Waals surface area contributed by atoms with Crippen molar-refractivity contribution in [3.8, 4) is 0 Å². The van der Waals surface area contributed by atoms with Crippen LogP contribution in [0.5, 0.6) is 0 Å². The van der Waals surface area contributed by atoms with Gasteiger partial charge >= 0.3 is 0 Å². The van der Waals surface area contributed by atoms with Gasteiger partial charge in [0.25, 0.3) is 0 Å². The van der Waals surface area contributed by atoms with Gasteiger partial charge in [-0.1, -0.05) is 17.7 Å². The molecule has 6 heteroatoms. The highest BCUT2D eigenvalue weighted by Crippen LogP contribution is 2.27. The second kappa shape index (κ2) is 8.80. The summed E-state index contributed by atoms with van der Waals surface area (Å²) in [5.74, 6) is 2.26. The number of hydrogen-bond acceptors (Lipinski definition) is 6. The average Bonchev–Trinajstić information content (AvgIpc) is 3.28. The summed E-state index contributed by atoms with van der Waals surface area (Å²) in [4.78, 5) is 2.37.